The Kier molecular flexibility index (Phi) is 7.53. The quantitative estimate of drug-likeness (QED) is 0.661. The van der Waals surface area contributed by atoms with E-state index < -0.39 is 0 Å². The van der Waals surface area contributed by atoms with Crippen LogP contribution in [-0.2, 0) is 11.2 Å². The van der Waals surface area contributed by atoms with Crippen molar-refractivity contribution < 1.29 is 14.3 Å². The summed E-state index contributed by atoms with van der Waals surface area (Å²) in [6, 6.07) is 9.70. The molecule has 0 saturated carbocycles. The summed E-state index contributed by atoms with van der Waals surface area (Å²) in [5.41, 5.74) is 1.05. The number of rotatable bonds is 10. The molecule has 0 atom stereocenters. The lowest BCUT2D eigenvalue weighted by Gasteiger charge is -2.08. The smallest absolute Gasteiger partial charge is 0.407 e. The number of imidazole rings is 1. The number of unbranched alkanes of at least 4 members (excludes halogenated alkanes) is 1. The summed E-state index contributed by atoms with van der Waals surface area (Å²) in [7, 11) is 0. The van der Waals surface area contributed by atoms with Crippen molar-refractivity contribution in [2.24, 2.45) is 0 Å². The third-order valence-electron chi connectivity index (χ3n) is 3.23. The summed E-state index contributed by atoms with van der Waals surface area (Å²) >= 11 is 0. The van der Waals surface area contributed by atoms with E-state index in [1.165, 1.54) is 0 Å². The molecule has 6 heteroatoms. The molecule has 0 aliphatic carbocycles. The molecule has 1 amide bonds. The molecule has 0 unspecified atom stereocenters. The highest BCUT2D eigenvalue weighted by Gasteiger charge is 2.01. The molecule has 0 aliphatic heterocycles. The molecule has 6 nitrogen and oxygen atoms in total. The summed E-state index contributed by atoms with van der Waals surface area (Å²) in [5, 5.41) is 2.74. The number of carbonyl (C=O) groups is 1. The zero-order valence-electron chi connectivity index (χ0n) is 13.2. The number of carbonyl (C=O) groups excluding carboxylic acids is 1. The number of nitrogens with zero attached hydrogens (tertiary/aromatic N) is 1. The van der Waals surface area contributed by atoms with E-state index in [2.05, 4.69) is 15.3 Å². The van der Waals surface area contributed by atoms with Gasteiger partial charge >= 0.3 is 6.09 Å². The Bertz CT molecular complexity index is 543. The zero-order chi connectivity index (χ0) is 16.2. The van der Waals surface area contributed by atoms with Gasteiger partial charge in [-0.3, -0.25) is 0 Å². The van der Waals surface area contributed by atoms with E-state index in [1.54, 1.807) is 12.5 Å². The van der Waals surface area contributed by atoms with Crippen LogP contribution in [0.25, 0.3) is 0 Å². The number of benzene rings is 1. The average Bonchev–Trinajstić information content (AvgIpc) is 3.09. The second-order valence-electron chi connectivity index (χ2n) is 5.11. The molecular weight excluding hydrogens is 294 g/mol. The molecule has 124 valence electrons. The molecule has 0 radical (unpaired) electrons. The number of amides is 1. The summed E-state index contributed by atoms with van der Waals surface area (Å²) in [6.45, 7) is 1.64. The van der Waals surface area contributed by atoms with Crippen molar-refractivity contribution in [3.8, 4) is 5.75 Å². The Morgan fingerprint density at radius 2 is 2.00 bits per heavy atom. The second-order valence-corrected chi connectivity index (χ2v) is 5.11. The summed E-state index contributed by atoms with van der Waals surface area (Å²) < 4.78 is 10.7. The maximum atomic E-state index is 11.5. The minimum Gasteiger partial charge on any atom is -0.494 e. The topological polar surface area (TPSA) is 76.2 Å². The van der Waals surface area contributed by atoms with Crippen LogP contribution in [0.15, 0.2) is 42.9 Å². The van der Waals surface area contributed by atoms with Crippen molar-refractivity contribution in [3.63, 3.8) is 0 Å². The molecule has 2 N–H and O–H groups in total. The van der Waals surface area contributed by atoms with Crippen molar-refractivity contribution in [1.29, 1.82) is 0 Å². The summed E-state index contributed by atoms with van der Waals surface area (Å²) in [6.07, 6.45) is 6.40. The SMILES string of the molecule is O=C(NCCCCOc1ccccc1)OCCCc1cnc[nH]1. The van der Waals surface area contributed by atoms with Gasteiger partial charge in [-0.25, -0.2) is 9.78 Å². The molecule has 2 aromatic rings. The molecule has 23 heavy (non-hydrogen) atoms. The van der Waals surface area contributed by atoms with Crippen LogP contribution in [0.5, 0.6) is 5.75 Å². The average molecular weight is 317 g/mol. The lowest BCUT2D eigenvalue weighted by molar-refractivity contribution is 0.144. The van der Waals surface area contributed by atoms with Crippen molar-refractivity contribution >= 4 is 6.09 Å². The van der Waals surface area contributed by atoms with Crippen LogP contribution < -0.4 is 10.1 Å². The summed E-state index contributed by atoms with van der Waals surface area (Å²) in [5.74, 6) is 0.872. The Morgan fingerprint density at radius 1 is 1.13 bits per heavy atom. The molecule has 0 fully saturated rings. The molecular formula is C17H23N3O3. The van der Waals surface area contributed by atoms with E-state index in [4.69, 9.17) is 9.47 Å². The van der Waals surface area contributed by atoms with Crippen molar-refractivity contribution in [2.75, 3.05) is 19.8 Å². The van der Waals surface area contributed by atoms with Crippen LogP contribution in [0.3, 0.4) is 0 Å². The fraction of sp³-hybridized carbons (Fsp3) is 0.412. The number of hydrogen-bond acceptors (Lipinski definition) is 4. The molecule has 1 aromatic heterocycles. The highest BCUT2D eigenvalue weighted by Crippen LogP contribution is 2.08. The first kappa shape index (κ1) is 16.9. The van der Waals surface area contributed by atoms with Crippen LogP contribution in [0.1, 0.15) is 25.0 Å². The van der Waals surface area contributed by atoms with Gasteiger partial charge in [-0.2, -0.15) is 0 Å². The lowest BCUT2D eigenvalue weighted by Crippen LogP contribution is -2.26. The van der Waals surface area contributed by atoms with Crippen LogP contribution in [0.2, 0.25) is 0 Å². The Labute approximate surface area is 136 Å². The highest BCUT2D eigenvalue weighted by molar-refractivity contribution is 5.66. The number of hydrogen-bond donors (Lipinski definition) is 2. The molecule has 1 aromatic carbocycles. The number of H-pyrrole nitrogens is 1. The number of alkyl carbamates (subject to hydrolysis) is 1. The number of aryl methyl sites for hydroxylation is 1. The fourth-order valence-electron chi connectivity index (χ4n) is 2.02. The van der Waals surface area contributed by atoms with Gasteiger partial charge in [-0.15, -0.1) is 0 Å². The molecule has 2 rings (SSSR count). The minimum absolute atomic E-state index is 0.362. The Morgan fingerprint density at radius 3 is 2.78 bits per heavy atom. The van der Waals surface area contributed by atoms with Crippen LogP contribution >= 0.6 is 0 Å². The zero-order valence-corrected chi connectivity index (χ0v) is 13.2. The molecule has 1 heterocycles. The Balaban J connectivity index is 1.41. The van der Waals surface area contributed by atoms with Crippen LogP contribution in [0, 0.1) is 0 Å². The first-order chi connectivity index (χ1) is 11.3. The van der Waals surface area contributed by atoms with Gasteiger partial charge in [-0.1, -0.05) is 18.2 Å². The first-order valence-corrected chi connectivity index (χ1v) is 7.90. The van der Waals surface area contributed by atoms with Crippen molar-refractivity contribution in [3.05, 3.63) is 48.5 Å². The predicted molar refractivity (Wildman–Crippen MR) is 87.4 cm³/mol. The van der Waals surface area contributed by atoms with Gasteiger partial charge < -0.3 is 19.8 Å². The van der Waals surface area contributed by atoms with Gasteiger partial charge in [0, 0.05) is 18.4 Å². The van der Waals surface area contributed by atoms with Gasteiger partial charge in [0.25, 0.3) is 0 Å². The van der Waals surface area contributed by atoms with E-state index in [1.807, 2.05) is 30.3 Å². The minimum atomic E-state index is -0.362. The first-order valence-electron chi connectivity index (χ1n) is 7.90. The van der Waals surface area contributed by atoms with E-state index in [-0.39, 0.29) is 6.09 Å². The van der Waals surface area contributed by atoms with E-state index in [0.717, 1.165) is 37.1 Å². The van der Waals surface area contributed by atoms with Gasteiger partial charge in [0.2, 0.25) is 0 Å². The van der Waals surface area contributed by atoms with E-state index >= 15 is 0 Å². The summed E-state index contributed by atoms with van der Waals surface area (Å²) in [4.78, 5) is 18.4. The van der Waals surface area contributed by atoms with Crippen LogP contribution in [-0.4, -0.2) is 35.8 Å². The molecule has 0 aliphatic rings. The normalized spacial score (nSPS) is 10.3. The Hall–Kier alpha value is -2.50. The van der Waals surface area contributed by atoms with E-state index in [9.17, 15) is 4.79 Å². The second kappa shape index (κ2) is 10.3. The third kappa shape index (κ3) is 7.35. The van der Waals surface area contributed by atoms with Gasteiger partial charge in [0.05, 0.1) is 19.5 Å². The standard InChI is InChI=1S/C17H23N3O3/c21-17(23-12-6-7-15-13-18-14-20-15)19-10-4-5-11-22-16-8-2-1-3-9-16/h1-3,8-9,13-14H,4-7,10-12H2,(H,18,20)(H,19,21). The largest absolute Gasteiger partial charge is 0.494 e. The predicted octanol–water partition coefficient (Wildman–Crippen LogP) is 2.93. The lowest BCUT2D eigenvalue weighted by atomic mass is 10.3. The van der Waals surface area contributed by atoms with Crippen molar-refractivity contribution in [2.45, 2.75) is 25.7 Å². The van der Waals surface area contributed by atoms with E-state index in [0.29, 0.717) is 19.8 Å². The van der Waals surface area contributed by atoms with Crippen molar-refractivity contribution in [1.82, 2.24) is 15.3 Å². The molecule has 0 bridgehead atoms. The van der Waals surface area contributed by atoms with Crippen LogP contribution in [0.4, 0.5) is 4.79 Å². The monoisotopic (exact) mass is 317 g/mol. The van der Waals surface area contributed by atoms with Gasteiger partial charge in [-0.05, 0) is 37.8 Å². The maximum Gasteiger partial charge on any atom is 0.407 e. The number of ether oxygens (including phenoxy) is 2. The highest BCUT2D eigenvalue weighted by atomic mass is 16.5. The number of aromatic amines is 1. The number of nitrogens with one attached hydrogen (secondary N) is 2. The van der Waals surface area contributed by atoms with Gasteiger partial charge in [0.15, 0.2) is 0 Å². The number of para-hydroxylation sites is 1. The van der Waals surface area contributed by atoms with Gasteiger partial charge in [0.1, 0.15) is 5.75 Å². The third-order valence-corrected chi connectivity index (χ3v) is 3.23. The molecule has 0 spiro atoms. The molecule has 0 saturated heterocycles. The maximum absolute atomic E-state index is 11.5. The fourth-order valence-corrected chi connectivity index (χ4v) is 2.02. The number of aromatic nitrogens is 2.